The number of benzene rings is 2. The fourth-order valence-corrected chi connectivity index (χ4v) is 3.45. The molecule has 0 radical (unpaired) electrons. The summed E-state index contributed by atoms with van der Waals surface area (Å²) in [5, 5.41) is 9.17. The molecule has 140 valence electrons. The number of rotatable bonds is 5. The lowest BCUT2D eigenvalue weighted by atomic mass is 10.1. The molecule has 1 saturated heterocycles. The minimum Gasteiger partial charge on any atom is -0.489 e. The van der Waals surface area contributed by atoms with Gasteiger partial charge in [0.1, 0.15) is 12.4 Å². The topological polar surface area (TPSA) is 52.4 Å². The molecule has 1 aromatic heterocycles. The Hall–Kier alpha value is -3.52. The SMILES string of the molecule is N#Cc1ccccc1COc1ccc(N2CCN(c3ccncc3)CC2)cc1. The van der Waals surface area contributed by atoms with Gasteiger partial charge in [-0.1, -0.05) is 18.2 Å². The Morgan fingerprint density at radius 2 is 1.43 bits per heavy atom. The van der Waals surface area contributed by atoms with E-state index in [0.29, 0.717) is 12.2 Å². The van der Waals surface area contributed by atoms with Crippen LogP contribution in [0, 0.1) is 11.3 Å². The zero-order valence-corrected chi connectivity index (χ0v) is 15.7. The first-order valence-electron chi connectivity index (χ1n) is 9.44. The molecule has 2 aromatic carbocycles. The summed E-state index contributed by atoms with van der Waals surface area (Å²) < 4.78 is 5.87. The van der Waals surface area contributed by atoms with Gasteiger partial charge in [-0.2, -0.15) is 5.26 Å². The fourth-order valence-electron chi connectivity index (χ4n) is 3.45. The van der Waals surface area contributed by atoms with Crippen molar-refractivity contribution >= 4 is 11.4 Å². The molecular formula is C23H22N4O. The number of nitriles is 1. The van der Waals surface area contributed by atoms with Gasteiger partial charge in [0.25, 0.3) is 0 Å². The molecule has 1 aliphatic rings. The molecule has 0 spiro atoms. The Bertz CT molecular complexity index is 942. The van der Waals surface area contributed by atoms with E-state index in [1.165, 1.54) is 11.4 Å². The van der Waals surface area contributed by atoms with Crippen LogP contribution in [0.15, 0.2) is 73.1 Å². The van der Waals surface area contributed by atoms with Crippen LogP contribution in [0.3, 0.4) is 0 Å². The van der Waals surface area contributed by atoms with Crippen molar-refractivity contribution in [2.45, 2.75) is 6.61 Å². The van der Waals surface area contributed by atoms with Crippen molar-refractivity contribution in [3.8, 4) is 11.8 Å². The maximum absolute atomic E-state index is 9.17. The standard InChI is InChI=1S/C23H22N4O/c24-17-19-3-1-2-4-20(19)18-28-23-7-5-21(6-8-23)26-13-15-27(16-14-26)22-9-11-25-12-10-22/h1-12H,13-16,18H2. The zero-order valence-electron chi connectivity index (χ0n) is 15.7. The summed E-state index contributed by atoms with van der Waals surface area (Å²) in [5.74, 6) is 0.812. The number of hydrogen-bond acceptors (Lipinski definition) is 5. The third kappa shape index (κ3) is 4.07. The van der Waals surface area contributed by atoms with E-state index in [1.54, 1.807) is 0 Å². The van der Waals surface area contributed by atoms with Crippen LogP contribution < -0.4 is 14.5 Å². The van der Waals surface area contributed by atoms with Gasteiger partial charge in [0.15, 0.2) is 0 Å². The van der Waals surface area contributed by atoms with Gasteiger partial charge in [0.2, 0.25) is 0 Å². The largest absolute Gasteiger partial charge is 0.489 e. The molecule has 0 saturated carbocycles. The highest BCUT2D eigenvalue weighted by atomic mass is 16.5. The van der Waals surface area contributed by atoms with Crippen LogP contribution in [0.25, 0.3) is 0 Å². The quantitative estimate of drug-likeness (QED) is 0.683. The Morgan fingerprint density at radius 1 is 0.821 bits per heavy atom. The van der Waals surface area contributed by atoms with Crippen molar-refractivity contribution in [1.29, 1.82) is 5.26 Å². The summed E-state index contributed by atoms with van der Waals surface area (Å²) in [6, 6.07) is 22.1. The van der Waals surface area contributed by atoms with Gasteiger partial charge in [-0.3, -0.25) is 4.98 Å². The van der Waals surface area contributed by atoms with Gasteiger partial charge < -0.3 is 14.5 Å². The molecule has 28 heavy (non-hydrogen) atoms. The maximum atomic E-state index is 9.17. The highest BCUT2D eigenvalue weighted by Crippen LogP contribution is 2.23. The first-order chi connectivity index (χ1) is 13.8. The summed E-state index contributed by atoms with van der Waals surface area (Å²) in [4.78, 5) is 8.88. The van der Waals surface area contributed by atoms with E-state index in [0.717, 1.165) is 37.5 Å². The molecule has 1 fully saturated rings. The summed E-state index contributed by atoms with van der Waals surface area (Å²) in [5.41, 5.74) is 4.00. The van der Waals surface area contributed by atoms with Crippen LogP contribution in [-0.4, -0.2) is 31.2 Å². The average molecular weight is 370 g/mol. The van der Waals surface area contributed by atoms with Crippen molar-refractivity contribution in [3.05, 3.63) is 84.2 Å². The highest BCUT2D eigenvalue weighted by Gasteiger charge is 2.17. The molecule has 5 heteroatoms. The molecule has 4 rings (SSSR count). The minimum atomic E-state index is 0.397. The summed E-state index contributed by atoms with van der Waals surface area (Å²) in [6.45, 7) is 4.35. The summed E-state index contributed by atoms with van der Waals surface area (Å²) in [7, 11) is 0. The van der Waals surface area contributed by atoms with E-state index in [-0.39, 0.29) is 0 Å². The molecule has 3 aromatic rings. The van der Waals surface area contributed by atoms with Gasteiger partial charge in [0, 0.05) is 55.5 Å². The Morgan fingerprint density at radius 3 is 2.07 bits per heavy atom. The van der Waals surface area contributed by atoms with Gasteiger partial charge in [-0.25, -0.2) is 0 Å². The van der Waals surface area contributed by atoms with E-state index in [1.807, 2.05) is 48.8 Å². The van der Waals surface area contributed by atoms with Crippen molar-refractivity contribution < 1.29 is 4.74 Å². The first-order valence-corrected chi connectivity index (χ1v) is 9.44. The molecule has 0 atom stereocenters. The first kappa shape index (κ1) is 17.9. The van der Waals surface area contributed by atoms with E-state index in [9.17, 15) is 5.26 Å². The van der Waals surface area contributed by atoms with Crippen LogP contribution in [0.2, 0.25) is 0 Å². The van der Waals surface area contributed by atoms with Crippen LogP contribution >= 0.6 is 0 Å². The monoisotopic (exact) mass is 370 g/mol. The zero-order chi connectivity index (χ0) is 19.2. The highest BCUT2D eigenvalue weighted by molar-refractivity contribution is 5.52. The van der Waals surface area contributed by atoms with Crippen LogP contribution in [0.5, 0.6) is 5.75 Å². The molecule has 0 N–H and O–H groups in total. The van der Waals surface area contributed by atoms with Gasteiger partial charge in [-0.15, -0.1) is 0 Å². The average Bonchev–Trinajstić information content (AvgIpc) is 2.79. The lowest BCUT2D eigenvalue weighted by Crippen LogP contribution is -2.46. The minimum absolute atomic E-state index is 0.397. The van der Waals surface area contributed by atoms with E-state index in [4.69, 9.17) is 4.74 Å². The van der Waals surface area contributed by atoms with Crippen molar-refractivity contribution in [3.63, 3.8) is 0 Å². The second-order valence-corrected chi connectivity index (χ2v) is 6.73. The Kier molecular flexibility index (Phi) is 5.39. The van der Waals surface area contributed by atoms with Crippen molar-refractivity contribution in [2.75, 3.05) is 36.0 Å². The van der Waals surface area contributed by atoms with Gasteiger partial charge >= 0.3 is 0 Å². The summed E-state index contributed by atoms with van der Waals surface area (Å²) >= 11 is 0. The van der Waals surface area contributed by atoms with Gasteiger partial charge in [-0.05, 0) is 42.5 Å². The van der Waals surface area contributed by atoms with Crippen LogP contribution in [0.1, 0.15) is 11.1 Å². The second kappa shape index (κ2) is 8.45. The number of anilines is 2. The molecule has 5 nitrogen and oxygen atoms in total. The van der Waals surface area contributed by atoms with E-state index >= 15 is 0 Å². The predicted octanol–water partition coefficient (Wildman–Crippen LogP) is 3.86. The summed E-state index contributed by atoms with van der Waals surface area (Å²) in [6.07, 6.45) is 3.69. The normalized spacial score (nSPS) is 13.8. The second-order valence-electron chi connectivity index (χ2n) is 6.73. The molecule has 1 aliphatic heterocycles. The lowest BCUT2D eigenvalue weighted by molar-refractivity contribution is 0.306. The Labute approximate surface area is 165 Å². The van der Waals surface area contributed by atoms with E-state index < -0.39 is 0 Å². The number of pyridine rings is 1. The third-order valence-corrected chi connectivity index (χ3v) is 5.04. The van der Waals surface area contributed by atoms with Crippen molar-refractivity contribution in [1.82, 2.24) is 4.98 Å². The van der Waals surface area contributed by atoms with Crippen LogP contribution in [-0.2, 0) is 6.61 Å². The number of ether oxygens (including phenoxy) is 1. The smallest absolute Gasteiger partial charge is 0.119 e. The number of nitrogens with zero attached hydrogens (tertiary/aromatic N) is 4. The maximum Gasteiger partial charge on any atom is 0.119 e. The number of aromatic nitrogens is 1. The molecule has 0 amide bonds. The van der Waals surface area contributed by atoms with E-state index in [2.05, 4.69) is 45.1 Å². The van der Waals surface area contributed by atoms with Crippen LogP contribution in [0.4, 0.5) is 11.4 Å². The fraction of sp³-hybridized carbons (Fsp3) is 0.217. The molecular weight excluding hydrogens is 348 g/mol. The predicted molar refractivity (Wildman–Crippen MR) is 111 cm³/mol. The number of piperazine rings is 1. The molecule has 0 aliphatic carbocycles. The molecule has 0 unspecified atom stereocenters. The lowest BCUT2D eigenvalue weighted by Gasteiger charge is -2.37. The van der Waals surface area contributed by atoms with Gasteiger partial charge in [0.05, 0.1) is 11.6 Å². The molecule has 0 bridgehead atoms. The molecule has 2 heterocycles. The third-order valence-electron chi connectivity index (χ3n) is 5.04. The van der Waals surface area contributed by atoms with Crippen molar-refractivity contribution in [2.24, 2.45) is 0 Å². The number of hydrogen-bond donors (Lipinski definition) is 0. The Balaban J connectivity index is 1.33.